The van der Waals surface area contributed by atoms with Crippen LogP contribution in [0.25, 0.3) is 0 Å². The van der Waals surface area contributed by atoms with Gasteiger partial charge < -0.3 is 14.6 Å². The SMILES string of the molecule is COc1cc(C2C=CC(OCc3ccccc3)=CC2)ccc1O. The van der Waals surface area contributed by atoms with Crippen molar-refractivity contribution in [3.8, 4) is 11.5 Å². The molecule has 2 aromatic rings. The summed E-state index contributed by atoms with van der Waals surface area (Å²) in [6.07, 6.45) is 7.12. The van der Waals surface area contributed by atoms with Gasteiger partial charge in [-0.1, -0.05) is 42.5 Å². The van der Waals surface area contributed by atoms with Crippen LogP contribution in [0.3, 0.4) is 0 Å². The number of hydrogen-bond donors (Lipinski definition) is 1. The topological polar surface area (TPSA) is 38.7 Å². The van der Waals surface area contributed by atoms with Gasteiger partial charge in [0.1, 0.15) is 12.4 Å². The smallest absolute Gasteiger partial charge is 0.160 e. The lowest BCUT2D eigenvalue weighted by atomic mass is 9.92. The Morgan fingerprint density at radius 3 is 2.65 bits per heavy atom. The molecule has 1 N–H and O–H groups in total. The first kappa shape index (κ1) is 15.2. The van der Waals surface area contributed by atoms with Crippen molar-refractivity contribution in [2.75, 3.05) is 7.11 Å². The number of hydrogen-bond acceptors (Lipinski definition) is 3. The second-order valence-corrected chi connectivity index (χ2v) is 5.51. The number of benzene rings is 2. The summed E-state index contributed by atoms with van der Waals surface area (Å²) >= 11 is 0. The lowest BCUT2D eigenvalue weighted by Crippen LogP contribution is -2.01. The van der Waals surface area contributed by atoms with Crippen molar-refractivity contribution < 1.29 is 14.6 Å². The zero-order valence-electron chi connectivity index (χ0n) is 13.1. The molecule has 0 heterocycles. The third kappa shape index (κ3) is 3.75. The van der Waals surface area contributed by atoms with Crippen LogP contribution < -0.4 is 4.74 Å². The van der Waals surface area contributed by atoms with E-state index < -0.39 is 0 Å². The maximum absolute atomic E-state index is 9.68. The summed E-state index contributed by atoms with van der Waals surface area (Å²) in [6.45, 7) is 0.578. The third-order valence-corrected chi connectivity index (χ3v) is 3.95. The Bertz CT molecular complexity index is 717. The highest BCUT2D eigenvalue weighted by atomic mass is 16.5. The first-order chi connectivity index (χ1) is 11.3. The van der Waals surface area contributed by atoms with Crippen LogP contribution in [0.4, 0.5) is 0 Å². The molecule has 1 unspecified atom stereocenters. The molecule has 0 bridgehead atoms. The first-order valence-corrected chi connectivity index (χ1v) is 7.68. The molecule has 3 rings (SSSR count). The average molecular weight is 308 g/mol. The minimum Gasteiger partial charge on any atom is -0.504 e. The quantitative estimate of drug-likeness (QED) is 0.881. The maximum Gasteiger partial charge on any atom is 0.160 e. The average Bonchev–Trinajstić information content (AvgIpc) is 2.62. The molecule has 0 radical (unpaired) electrons. The molecule has 1 atom stereocenters. The summed E-state index contributed by atoms with van der Waals surface area (Å²) in [7, 11) is 1.56. The zero-order valence-corrected chi connectivity index (χ0v) is 13.1. The highest BCUT2D eigenvalue weighted by molar-refractivity contribution is 5.44. The highest BCUT2D eigenvalue weighted by Gasteiger charge is 2.14. The van der Waals surface area contributed by atoms with Gasteiger partial charge in [0.25, 0.3) is 0 Å². The Morgan fingerprint density at radius 1 is 1.13 bits per heavy atom. The van der Waals surface area contributed by atoms with Crippen LogP contribution in [0.5, 0.6) is 11.5 Å². The molecule has 0 spiro atoms. The van der Waals surface area contributed by atoms with Gasteiger partial charge >= 0.3 is 0 Å². The molecule has 1 aliphatic rings. The van der Waals surface area contributed by atoms with Crippen molar-refractivity contribution in [1.29, 1.82) is 0 Å². The van der Waals surface area contributed by atoms with Crippen LogP contribution in [0.1, 0.15) is 23.5 Å². The van der Waals surface area contributed by atoms with E-state index in [1.54, 1.807) is 13.2 Å². The molecule has 3 nitrogen and oxygen atoms in total. The number of aromatic hydroxyl groups is 1. The monoisotopic (exact) mass is 308 g/mol. The molecule has 3 heteroatoms. The summed E-state index contributed by atoms with van der Waals surface area (Å²) < 4.78 is 11.0. The highest BCUT2D eigenvalue weighted by Crippen LogP contribution is 2.33. The molecule has 1 aliphatic carbocycles. The molecule has 0 amide bonds. The molecule has 0 fully saturated rings. The van der Waals surface area contributed by atoms with Gasteiger partial charge in [0.2, 0.25) is 0 Å². The number of allylic oxidation sites excluding steroid dienone is 3. The molecular weight excluding hydrogens is 288 g/mol. The number of rotatable bonds is 5. The summed E-state index contributed by atoms with van der Waals surface area (Å²) in [5, 5.41) is 9.68. The summed E-state index contributed by atoms with van der Waals surface area (Å²) in [6, 6.07) is 15.6. The van der Waals surface area contributed by atoms with Crippen molar-refractivity contribution in [1.82, 2.24) is 0 Å². The Labute approximate surface area is 136 Å². The van der Waals surface area contributed by atoms with E-state index >= 15 is 0 Å². The lowest BCUT2D eigenvalue weighted by Gasteiger charge is -2.18. The van der Waals surface area contributed by atoms with Gasteiger partial charge in [-0.2, -0.15) is 0 Å². The second-order valence-electron chi connectivity index (χ2n) is 5.51. The van der Waals surface area contributed by atoms with Crippen LogP contribution >= 0.6 is 0 Å². The maximum atomic E-state index is 9.68. The van der Waals surface area contributed by atoms with E-state index in [-0.39, 0.29) is 11.7 Å². The Hall–Kier alpha value is -2.68. The van der Waals surface area contributed by atoms with E-state index in [0.717, 1.165) is 23.3 Å². The molecule has 118 valence electrons. The van der Waals surface area contributed by atoms with E-state index in [2.05, 4.69) is 24.3 Å². The second kappa shape index (κ2) is 7.05. The van der Waals surface area contributed by atoms with Gasteiger partial charge in [0.05, 0.1) is 7.11 Å². The minimum atomic E-state index is 0.165. The summed E-state index contributed by atoms with van der Waals surface area (Å²) in [4.78, 5) is 0. The third-order valence-electron chi connectivity index (χ3n) is 3.95. The van der Waals surface area contributed by atoms with Gasteiger partial charge in [-0.15, -0.1) is 0 Å². The zero-order chi connectivity index (χ0) is 16.1. The van der Waals surface area contributed by atoms with Crippen LogP contribution in [0.15, 0.2) is 72.5 Å². The van der Waals surface area contributed by atoms with Gasteiger partial charge in [-0.3, -0.25) is 0 Å². The van der Waals surface area contributed by atoms with Gasteiger partial charge in [0.15, 0.2) is 11.5 Å². The van der Waals surface area contributed by atoms with E-state index in [1.165, 1.54) is 0 Å². The van der Waals surface area contributed by atoms with Gasteiger partial charge in [-0.25, -0.2) is 0 Å². The van der Waals surface area contributed by atoms with Crippen molar-refractivity contribution in [2.24, 2.45) is 0 Å². The molecule has 2 aromatic carbocycles. The molecule has 0 saturated heterocycles. The van der Waals surface area contributed by atoms with Crippen molar-refractivity contribution >= 4 is 0 Å². The predicted octanol–water partition coefficient (Wildman–Crippen LogP) is 4.55. The van der Waals surface area contributed by atoms with Crippen LogP contribution in [-0.4, -0.2) is 12.2 Å². The molecular formula is C20H20O3. The number of phenolic OH excluding ortho intramolecular Hbond substituents is 1. The fourth-order valence-corrected chi connectivity index (χ4v) is 2.62. The van der Waals surface area contributed by atoms with E-state index in [9.17, 15) is 5.11 Å². The number of phenols is 1. The van der Waals surface area contributed by atoms with Crippen LogP contribution in [0.2, 0.25) is 0 Å². The molecule has 0 aliphatic heterocycles. The Balaban J connectivity index is 1.61. The fourth-order valence-electron chi connectivity index (χ4n) is 2.62. The first-order valence-electron chi connectivity index (χ1n) is 7.68. The molecule has 0 aromatic heterocycles. The standard InChI is InChI=1S/C20H20O3/c1-22-20-13-17(9-12-19(20)21)16-7-10-18(11-8-16)23-14-15-5-3-2-4-6-15/h2-7,9-13,16,21H,8,14H2,1H3. The Kier molecular flexibility index (Phi) is 4.67. The van der Waals surface area contributed by atoms with E-state index in [4.69, 9.17) is 9.47 Å². The summed E-state index contributed by atoms with van der Waals surface area (Å²) in [5.74, 6) is 1.84. The number of ether oxygens (including phenoxy) is 2. The minimum absolute atomic E-state index is 0.165. The van der Waals surface area contributed by atoms with Gasteiger partial charge in [-0.05, 0) is 41.8 Å². The van der Waals surface area contributed by atoms with E-state index in [1.807, 2.05) is 36.4 Å². The predicted molar refractivity (Wildman–Crippen MR) is 90.5 cm³/mol. The van der Waals surface area contributed by atoms with E-state index in [0.29, 0.717) is 12.4 Å². The fraction of sp³-hybridized carbons (Fsp3) is 0.200. The lowest BCUT2D eigenvalue weighted by molar-refractivity contribution is 0.208. The molecule has 23 heavy (non-hydrogen) atoms. The Morgan fingerprint density at radius 2 is 1.96 bits per heavy atom. The van der Waals surface area contributed by atoms with Gasteiger partial charge in [0, 0.05) is 5.92 Å². The van der Waals surface area contributed by atoms with Crippen LogP contribution in [-0.2, 0) is 11.3 Å². The van der Waals surface area contributed by atoms with Crippen molar-refractivity contribution in [3.63, 3.8) is 0 Å². The normalized spacial score (nSPS) is 16.7. The summed E-state index contributed by atoms with van der Waals surface area (Å²) in [5.41, 5.74) is 2.28. The largest absolute Gasteiger partial charge is 0.504 e. The number of methoxy groups -OCH3 is 1. The van der Waals surface area contributed by atoms with Crippen molar-refractivity contribution in [3.05, 3.63) is 83.6 Å². The molecule has 0 saturated carbocycles. The van der Waals surface area contributed by atoms with Crippen molar-refractivity contribution in [2.45, 2.75) is 18.9 Å². The van der Waals surface area contributed by atoms with Crippen LogP contribution in [0, 0.1) is 0 Å².